The molecule has 0 unspecified atom stereocenters. The fraction of sp³-hybridized carbons (Fsp3) is 0.500. The molecule has 1 aliphatic heterocycles. The Morgan fingerprint density at radius 1 is 1.05 bits per heavy atom. The fourth-order valence-electron chi connectivity index (χ4n) is 4.99. The van der Waals surface area contributed by atoms with Gasteiger partial charge in [-0.05, 0) is 48.6 Å². The molecule has 6 atom stereocenters. The first kappa shape index (κ1) is 10.2. The minimum absolute atomic E-state index is 0.439. The van der Waals surface area contributed by atoms with Gasteiger partial charge in [-0.2, -0.15) is 5.11 Å². The van der Waals surface area contributed by atoms with Crippen molar-refractivity contribution in [3.8, 4) is 0 Å². The minimum atomic E-state index is 0.439. The van der Waals surface area contributed by atoms with Crippen molar-refractivity contribution >= 4 is 5.69 Å². The van der Waals surface area contributed by atoms with E-state index in [0.717, 1.165) is 23.7 Å². The SMILES string of the molecule is C1=C[C@H]2[C@@H](C1)[C@H]1C[C@@H]2[C@@H]2N=NN(c3ccccc3)[C@H]12. The Balaban J connectivity index is 1.53. The highest BCUT2D eigenvalue weighted by atomic mass is 15.6. The van der Waals surface area contributed by atoms with E-state index in [1.807, 2.05) is 0 Å². The number of nitrogens with zero attached hydrogens (tertiary/aromatic N) is 3. The molecule has 0 N–H and O–H groups in total. The Hall–Kier alpha value is -1.64. The average molecular weight is 251 g/mol. The highest BCUT2D eigenvalue weighted by molar-refractivity contribution is 5.48. The molecule has 0 spiro atoms. The lowest BCUT2D eigenvalue weighted by atomic mass is 9.76. The summed E-state index contributed by atoms with van der Waals surface area (Å²) in [5.74, 6) is 3.18. The zero-order chi connectivity index (χ0) is 12.4. The molecule has 0 aromatic heterocycles. The smallest absolute Gasteiger partial charge is 0.0990 e. The molecule has 5 rings (SSSR count). The van der Waals surface area contributed by atoms with Gasteiger partial charge in [-0.3, -0.25) is 0 Å². The molecule has 0 amide bonds. The summed E-state index contributed by atoms with van der Waals surface area (Å²) in [4.78, 5) is 0. The first-order chi connectivity index (χ1) is 9.43. The molecule has 0 saturated heterocycles. The summed E-state index contributed by atoms with van der Waals surface area (Å²) in [7, 11) is 0. The van der Waals surface area contributed by atoms with Crippen LogP contribution in [0.2, 0.25) is 0 Å². The topological polar surface area (TPSA) is 28.0 Å². The van der Waals surface area contributed by atoms with Gasteiger partial charge in [0.05, 0.1) is 17.8 Å². The molecule has 19 heavy (non-hydrogen) atoms. The first-order valence-corrected chi connectivity index (χ1v) is 7.35. The second-order valence-electron chi connectivity index (χ2n) is 6.33. The van der Waals surface area contributed by atoms with Crippen LogP contribution in [0.15, 0.2) is 52.8 Å². The highest BCUT2D eigenvalue weighted by Gasteiger charge is 2.61. The van der Waals surface area contributed by atoms with Crippen LogP contribution in [0, 0.1) is 23.7 Å². The first-order valence-electron chi connectivity index (χ1n) is 7.35. The van der Waals surface area contributed by atoms with Crippen molar-refractivity contribution in [3.05, 3.63) is 42.5 Å². The number of allylic oxidation sites excluding steroid dienone is 2. The summed E-state index contributed by atoms with van der Waals surface area (Å²) >= 11 is 0. The number of rotatable bonds is 1. The van der Waals surface area contributed by atoms with Crippen molar-refractivity contribution in [1.29, 1.82) is 0 Å². The largest absolute Gasteiger partial charge is 0.242 e. The van der Waals surface area contributed by atoms with Gasteiger partial charge in [-0.1, -0.05) is 35.6 Å². The van der Waals surface area contributed by atoms with Crippen molar-refractivity contribution in [2.45, 2.75) is 24.9 Å². The standard InChI is InChI=1S/C16H17N3/c1-2-5-10(6-3-1)19-16-14-9-13(15(16)17-18-19)11-7-4-8-12(11)14/h1-7,11-16H,8-9H2/t11-,12+,13-,14+,15-,16+/m0/s1. The van der Waals surface area contributed by atoms with Crippen molar-refractivity contribution in [1.82, 2.24) is 0 Å². The molecule has 2 fully saturated rings. The summed E-state index contributed by atoms with van der Waals surface area (Å²) < 4.78 is 0. The van der Waals surface area contributed by atoms with Gasteiger partial charge in [-0.25, -0.2) is 5.01 Å². The number of fused-ring (bicyclic) bond motifs is 8. The van der Waals surface area contributed by atoms with Crippen LogP contribution in [0.4, 0.5) is 5.69 Å². The van der Waals surface area contributed by atoms with Crippen LogP contribution < -0.4 is 5.01 Å². The van der Waals surface area contributed by atoms with E-state index in [-0.39, 0.29) is 0 Å². The Bertz CT molecular complexity index is 565. The van der Waals surface area contributed by atoms with Gasteiger partial charge in [0.15, 0.2) is 0 Å². The number of para-hydroxylation sites is 1. The predicted octanol–water partition coefficient (Wildman–Crippen LogP) is 3.45. The van der Waals surface area contributed by atoms with Crippen molar-refractivity contribution < 1.29 is 0 Å². The number of anilines is 1. The summed E-state index contributed by atoms with van der Waals surface area (Å²) in [6.07, 6.45) is 7.47. The molecule has 96 valence electrons. The Morgan fingerprint density at radius 2 is 1.95 bits per heavy atom. The zero-order valence-electron chi connectivity index (χ0n) is 10.8. The summed E-state index contributed by atoms with van der Waals surface area (Å²) in [6, 6.07) is 11.5. The van der Waals surface area contributed by atoms with E-state index in [1.165, 1.54) is 18.5 Å². The molecule has 4 aliphatic rings. The van der Waals surface area contributed by atoms with Gasteiger partial charge in [0.25, 0.3) is 0 Å². The lowest BCUT2D eigenvalue weighted by Crippen LogP contribution is -2.44. The maximum Gasteiger partial charge on any atom is 0.0990 e. The van der Waals surface area contributed by atoms with Gasteiger partial charge in [0.2, 0.25) is 0 Å². The predicted molar refractivity (Wildman–Crippen MR) is 73.7 cm³/mol. The van der Waals surface area contributed by atoms with E-state index in [0.29, 0.717) is 12.1 Å². The molecule has 1 aromatic rings. The maximum absolute atomic E-state index is 4.62. The molecular weight excluding hydrogens is 234 g/mol. The lowest BCUT2D eigenvalue weighted by Gasteiger charge is -2.35. The Labute approximate surface area is 113 Å². The molecule has 1 aromatic carbocycles. The summed E-state index contributed by atoms with van der Waals surface area (Å²) in [5.41, 5.74) is 1.20. The van der Waals surface area contributed by atoms with E-state index >= 15 is 0 Å². The van der Waals surface area contributed by atoms with Crippen LogP contribution in [0.1, 0.15) is 12.8 Å². The van der Waals surface area contributed by atoms with Crippen LogP contribution in [-0.2, 0) is 0 Å². The van der Waals surface area contributed by atoms with Crippen LogP contribution in [-0.4, -0.2) is 12.1 Å². The average Bonchev–Trinajstić information content (AvgIpc) is 3.17. The molecule has 0 radical (unpaired) electrons. The third kappa shape index (κ3) is 1.18. The number of hydrogen-bond donors (Lipinski definition) is 0. The molecule has 2 saturated carbocycles. The van der Waals surface area contributed by atoms with E-state index < -0.39 is 0 Å². The van der Waals surface area contributed by atoms with Crippen LogP contribution in [0.3, 0.4) is 0 Å². The van der Waals surface area contributed by atoms with Gasteiger partial charge in [0, 0.05) is 0 Å². The van der Waals surface area contributed by atoms with Crippen molar-refractivity contribution in [2.75, 3.05) is 5.01 Å². The van der Waals surface area contributed by atoms with Gasteiger partial charge in [0.1, 0.15) is 0 Å². The normalized spacial score (nSPS) is 44.9. The summed E-state index contributed by atoms with van der Waals surface area (Å²) in [5, 5.41) is 11.3. The van der Waals surface area contributed by atoms with Crippen LogP contribution in [0.5, 0.6) is 0 Å². The zero-order valence-corrected chi connectivity index (χ0v) is 10.8. The molecule has 3 aliphatic carbocycles. The van der Waals surface area contributed by atoms with Crippen LogP contribution >= 0.6 is 0 Å². The van der Waals surface area contributed by atoms with E-state index in [9.17, 15) is 0 Å². The van der Waals surface area contributed by atoms with Crippen molar-refractivity contribution in [3.63, 3.8) is 0 Å². The van der Waals surface area contributed by atoms with Crippen molar-refractivity contribution in [2.24, 2.45) is 34.0 Å². The minimum Gasteiger partial charge on any atom is -0.242 e. The third-order valence-electron chi connectivity index (χ3n) is 5.66. The van der Waals surface area contributed by atoms with E-state index in [4.69, 9.17) is 0 Å². The van der Waals surface area contributed by atoms with E-state index in [2.05, 4.69) is 57.8 Å². The molecule has 2 bridgehead atoms. The maximum atomic E-state index is 4.62. The second-order valence-corrected chi connectivity index (χ2v) is 6.33. The quantitative estimate of drug-likeness (QED) is 0.702. The van der Waals surface area contributed by atoms with Gasteiger partial charge < -0.3 is 0 Å². The number of benzene rings is 1. The second kappa shape index (κ2) is 3.47. The Kier molecular flexibility index (Phi) is 1.86. The molecule has 3 nitrogen and oxygen atoms in total. The monoisotopic (exact) mass is 251 g/mol. The van der Waals surface area contributed by atoms with Gasteiger partial charge in [-0.15, -0.1) is 0 Å². The molecular formula is C16H17N3. The highest BCUT2D eigenvalue weighted by Crippen LogP contribution is 2.60. The number of hydrogen-bond acceptors (Lipinski definition) is 3. The van der Waals surface area contributed by atoms with Crippen LogP contribution in [0.25, 0.3) is 0 Å². The molecule has 3 heteroatoms. The van der Waals surface area contributed by atoms with Gasteiger partial charge >= 0.3 is 0 Å². The molecule has 1 heterocycles. The summed E-state index contributed by atoms with van der Waals surface area (Å²) in [6.45, 7) is 0. The lowest BCUT2D eigenvalue weighted by molar-refractivity contribution is 0.238. The Morgan fingerprint density at radius 3 is 2.84 bits per heavy atom. The fourth-order valence-corrected chi connectivity index (χ4v) is 4.99. The van der Waals surface area contributed by atoms with E-state index in [1.54, 1.807) is 0 Å². The third-order valence-corrected chi connectivity index (χ3v) is 5.66.